The van der Waals surface area contributed by atoms with Crippen molar-refractivity contribution in [3.63, 3.8) is 0 Å². The number of aryl methyl sites for hydroxylation is 1. The van der Waals surface area contributed by atoms with Gasteiger partial charge in [0.05, 0.1) is 4.92 Å². The number of carbonyl (C=O) groups is 1. The summed E-state index contributed by atoms with van der Waals surface area (Å²) in [7, 11) is 0. The Morgan fingerprint density at radius 3 is 2.48 bits per heavy atom. The number of nitro groups is 1. The zero-order valence-electron chi connectivity index (χ0n) is 13.4. The van der Waals surface area contributed by atoms with Gasteiger partial charge in [-0.2, -0.15) is 8.78 Å². The van der Waals surface area contributed by atoms with Gasteiger partial charge in [0.2, 0.25) is 0 Å². The van der Waals surface area contributed by atoms with Crippen molar-refractivity contribution >= 4 is 11.6 Å². The van der Waals surface area contributed by atoms with Crippen LogP contribution in [0.1, 0.15) is 21.5 Å². The van der Waals surface area contributed by atoms with Crippen molar-refractivity contribution in [2.24, 2.45) is 0 Å². The second-order valence-electron chi connectivity index (χ2n) is 5.29. The van der Waals surface area contributed by atoms with Crippen molar-refractivity contribution in [2.45, 2.75) is 20.0 Å². The van der Waals surface area contributed by atoms with Crippen LogP contribution in [0.5, 0.6) is 5.75 Å². The lowest BCUT2D eigenvalue weighted by Crippen LogP contribution is -2.25. The number of hydrogen-bond donors (Lipinski definition) is 1. The predicted molar refractivity (Wildman–Crippen MR) is 86.9 cm³/mol. The summed E-state index contributed by atoms with van der Waals surface area (Å²) >= 11 is 0. The van der Waals surface area contributed by atoms with E-state index in [9.17, 15) is 23.7 Å². The lowest BCUT2D eigenvalue weighted by molar-refractivity contribution is -0.385. The highest BCUT2D eigenvalue weighted by atomic mass is 19.3. The molecule has 8 heteroatoms. The molecule has 0 aliphatic heterocycles. The number of nitrogens with one attached hydrogen (secondary N) is 1. The maximum atomic E-state index is 12.1. The Hall–Kier alpha value is -3.03. The van der Waals surface area contributed by atoms with Gasteiger partial charge < -0.3 is 10.1 Å². The molecular weight excluding hydrogens is 334 g/mol. The number of halogens is 2. The topological polar surface area (TPSA) is 81.5 Å². The average Bonchev–Trinajstić information content (AvgIpc) is 2.55. The quantitative estimate of drug-likeness (QED) is 0.612. The normalized spacial score (nSPS) is 10.6. The summed E-state index contributed by atoms with van der Waals surface area (Å²) in [6.45, 7) is -0.961. The molecule has 132 valence electrons. The summed E-state index contributed by atoms with van der Waals surface area (Å²) in [5.41, 5.74) is 1.56. The minimum atomic E-state index is -2.87. The van der Waals surface area contributed by atoms with Crippen LogP contribution in [0.3, 0.4) is 0 Å². The Morgan fingerprint density at radius 1 is 1.24 bits per heavy atom. The van der Waals surface area contributed by atoms with Gasteiger partial charge in [0, 0.05) is 23.7 Å². The number of carbonyl (C=O) groups excluding carboxylic acids is 1. The molecule has 0 saturated carbocycles. The third-order valence-corrected chi connectivity index (χ3v) is 3.50. The van der Waals surface area contributed by atoms with Gasteiger partial charge in [-0.1, -0.05) is 12.1 Å². The Labute approximate surface area is 142 Å². The van der Waals surface area contributed by atoms with Gasteiger partial charge in [-0.25, -0.2) is 0 Å². The Bertz CT molecular complexity index is 764. The van der Waals surface area contributed by atoms with Crippen LogP contribution in [-0.4, -0.2) is 24.0 Å². The first-order chi connectivity index (χ1) is 11.9. The Balaban J connectivity index is 1.88. The molecule has 2 aromatic carbocycles. The van der Waals surface area contributed by atoms with Gasteiger partial charge in [-0.15, -0.1) is 0 Å². The maximum absolute atomic E-state index is 12.1. The highest BCUT2D eigenvalue weighted by molar-refractivity contribution is 5.94. The molecule has 2 rings (SSSR count). The van der Waals surface area contributed by atoms with Crippen LogP contribution in [0.4, 0.5) is 14.5 Å². The summed E-state index contributed by atoms with van der Waals surface area (Å²) in [6, 6.07) is 10.3. The van der Waals surface area contributed by atoms with E-state index >= 15 is 0 Å². The Morgan fingerprint density at radius 2 is 1.92 bits per heavy atom. The Kier molecular flexibility index (Phi) is 5.99. The smallest absolute Gasteiger partial charge is 0.387 e. The van der Waals surface area contributed by atoms with E-state index in [-0.39, 0.29) is 17.3 Å². The number of benzene rings is 2. The van der Waals surface area contributed by atoms with Gasteiger partial charge in [0.25, 0.3) is 11.6 Å². The third-order valence-electron chi connectivity index (χ3n) is 3.50. The molecule has 0 aliphatic rings. The van der Waals surface area contributed by atoms with E-state index in [0.29, 0.717) is 24.1 Å². The predicted octanol–water partition coefficient (Wildman–Crippen LogP) is 3.48. The molecule has 0 heterocycles. The fourth-order valence-electron chi connectivity index (χ4n) is 2.26. The first-order valence-electron chi connectivity index (χ1n) is 7.44. The average molecular weight is 350 g/mol. The second kappa shape index (κ2) is 8.18. The van der Waals surface area contributed by atoms with Crippen LogP contribution in [0.15, 0.2) is 42.5 Å². The fourth-order valence-corrected chi connectivity index (χ4v) is 2.26. The molecule has 0 fully saturated rings. The van der Waals surface area contributed by atoms with Crippen molar-refractivity contribution in [1.82, 2.24) is 5.32 Å². The first-order valence-corrected chi connectivity index (χ1v) is 7.44. The standard InChI is InChI=1S/C17H16F2N2O4/c1-11-10-13(4-7-15(11)21(23)24)16(22)20-9-8-12-2-5-14(6-3-12)25-17(18)19/h2-7,10,17H,8-9H2,1H3,(H,20,22). The summed E-state index contributed by atoms with van der Waals surface area (Å²) < 4.78 is 28.4. The number of amides is 1. The molecule has 25 heavy (non-hydrogen) atoms. The van der Waals surface area contributed by atoms with Crippen molar-refractivity contribution in [1.29, 1.82) is 0 Å². The molecule has 0 unspecified atom stereocenters. The largest absolute Gasteiger partial charge is 0.435 e. The van der Waals surface area contributed by atoms with Crippen LogP contribution in [0.25, 0.3) is 0 Å². The maximum Gasteiger partial charge on any atom is 0.387 e. The van der Waals surface area contributed by atoms with E-state index < -0.39 is 11.5 Å². The lowest BCUT2D eigenvalue weighted by Gasteiger charge is -2.08. The highest BCUT2D eigenvalue weighted by Gasteiger charge is 2.13. The molecule has 2 aromatic rings. The van der Waals surface area contributed by atoms with E-state index in [1.807, 2.05) is 0 Å². The van der Waals surface area contributed by atoms with Gasteiger partial charge in [-0.3, -0.25) is 14.9 Å². The highest BCUT2D eigenvalue weighted by Crippen LogP contribution is 2.19. The SMILES string of the molecule is Cc1cc(C(=O)NCCc2ccc(OC(F)F)cc2)ccc1[N+](=O)[O-]. The summed E-state index contributed by atoms with van der Waals surface area (Å²) in [6.07, 6.45) is 0.507. The molecule has 0 radical (unpaired) electrons. The zero-order chi connectivity index (χ0) is 18.4. The minimum absolute atomic E-state index is 0.0392. The van der Waals surface area contributed by atoms with Crippen molar-refractivity contribution in [3.05, 3.63) is 69.3 Å². The number of hydrogen-bond acceptors (Lipinski definition) is 4. The number of nitrogens with zero attached hydrogens (tertiary/aromatic N) is 1. The van der Waals surface area contributed by atoms with Gasteiger partial charge in [0.1, 0.15) is 5.75 Å². The zero-order valence-corrected chi connectivity index (χ0v) is 13.4. The number of alkyl halides is 2. The minimum Gasteiger partial charge on any atom is -0.435 e. The van der Waals surface area contributed by atoms with E-state index in [1.54, 1.807) is 19.1 Å². The van der Waals surface area contributed by atoms with Crippen molar-refractivity contribution in [2.75, 3.05) is 6.54 Å². The molecule has 0 saturated heterocycles. The summed E-state index contributed by atoms with van der Waals surface area (Å²) in [4.78, 5) is 22.3. The molecule has 6 nitrogen and oxygen atoms in total. The van der Waals surface area contributed by atoms with Crippen LogP contribution < -0.4 is 10.1 Å². The van der Waals surface area contributed by atoms with Crippen molar-refractivity contribution in [3.8, 4) is 5.75 Å². The molecular formula is C17H16F2N2O4. The number of nitro benzene ring substituents is 1. The van der Waals surface area contributed by atoms with Crippen LogP contribution in [-0.2, 0) is 6.42 Å². The molecule has 0 atom stereocenters. The first kappa shape index (κ1) is 18.3. The second-order valence-corrected chi connectivity index (χ2v) is 5.29. The third kappa shape index (κ3) is 5.23. The molecule has 0 spiro atoms. The molecule has 0 aromatic heterocycles. The van der Waals surface area contributed by atoms with E-state index in [0.717, 1.165) is 5.56 Å². The van der Waals surface area contributed by atoms with E-state index in [4.69, 9.17) is 0 Å². The van der Waals surface area contributed by atoms with Gasteiger partial charge in [0.15, 0.2) is 0 Å². The van der Waals surface area contributed by atoms with Crippen LogP contribution in [0, 0.1) is 17.0 Å². The summed E-state index contributed by atoms with van der Waals surface area (Å²) in [5.74, 6) is -0.264. The molecule has 1 N–H and O–H groups in total. The fraction of sp³-hybridized carbons (Fsp3) is 0.235. The van der Waals surface area contributed by atoms with Gasteiger partial charge in [-0.05, 0) is 43.2 Å². The monoisotopic (exact) mass is 350 g/mol. The molecule has 1 amide bonds. The summed E-state index contributed by atoms with van der Waals surface area (Å²) in [5, 5.41) is 13.5. The number of rotatable bonds is 7. The van der Waals surface area contributed by atoms with Crippen LogP contribution in [0.2, 0.25) is 0 Å². The van der Waals surface area contributed by atoms with Gasteiger partial charge >= 0.3 is 6.61 Å². The van der Waals surface area contributed by atoms with E-state index in [2.05, 4.69) is 10.1 Å². The van der Waals surface area contributed by atoms with Crippen molar-refractivity contribution < 1.29 is 23.2 Å². The van der Waals surface area contributed by atoms with Crippen LogP contribution >= 0.6 is 0 Å². The molecule has 0 aliphatic carbocycles. The van der Waals surface area contributed by atoms with E-state index in [1.165, 1.54) is 30.3 Å². The molecule has 0 bridgehead atoms. The number of ether oxygens (including phenoxy) is 1. The lowest BCUT2D eigenvalue weighted by atomic mass is 10.1.